The molecule has 0 aromatic heterocycles. The van der Waals surface area contributed by atoms with Gasteiger partial charge in [-0.15, -0.1) is 0 Å². The third kappa shape index (κ3) is 4.08. The van der Waals surface area contributed by atoms with Gasteiger partial charge < -0.3 is 10.6 Å². The maximum absolute atomic E-state index is 10.9. The highest BCUT2D eigenvalue weighted by molar-refractivity contribution is 6.33. The van der Waals surface area contributed by atoms with E-state index in [-0.39, 0.29) is 12.5 Å². The number of carbonyl (C=O) groups excluding carboxylic acids is 1. The third-order valence-electron chi connectivity index (χ3n) is 1.89. The van der Waals surface area contributed by atoms with Gasteiger partial charge >= 0.3 is 0 Å². The molecule has 0 heterocycles. The predicted molar refractivity (Wildman–Crippen MR) is 62.2 cm³/mol. The number of hydrogen-bond donors (Lipinski definition) is 2. The van der Waals surface area contributed by atoms with E-state index in [9.17, 15) is 4.79 Å². The van der Waals surface area contributed by atoms with E-state index < -0.39 is 0 Å². The first-order valence-electron chi connectivity index (χ1n) is 4.48. The molecule has 0 fully saturated rings. The van der Waals surface area contributed by atoms with Crippen LogP contribution in [-0.2, 0) is 11.3 Å². The molecule has 0 saturated carbocycles. The van der Waals surface area contributed by atoms with Crippen molar-refractivity contribution in [2.24, 2.45) is 0 Å². The van der Waals surface area contributed by atoms with Crippen molar-refractivity contribution in [1.82, 2.24) is 10.6 Å². The lowest BCUT2D eigenvalue weighted by molar-refractivity contribution is -0.119. The molecule has 0 saturated heterocycles. The van der Waals surface area contributed by atoms with Crippen LogP contribution in [0.3, 0.4) is 0 Å². The normalized spacial score (nSPS) is 10.1. The molecular weight excluding hydrogens is 235 g/mol. The van der Waals surface area contributed by atoms with Gasteiger partial charge in [0.2, 0.25) is 5.91 Å². The number of likely N-dealkylation sites (N-methyl/N-ethyl adjacent to an activating group) is 1. The van der Waals surface area contributed by atoms with E-state index in [0.29, 0.717) is 16.6 Å². The topological polar surface area (TPSA) is 41.1 Å². The zero-order valence-corrected chi connectivity index (χ0v) is 9.82. The van der Waals surface area contributed by atoms with Crippen molar-refractivity contribution in [2.45, 2.75) is 6.54 Å². The van der Waals surface area contributed by atoms with Crippen LogP contribution >= 0.6 is 23.2 Å². The number of nitrogens with one attached hydrogen (secondary N) is 2. The summed E-state index contributed by atoms with van der Waals surface area (Å²) in [5, 5.41) is 6.76. The van der Waals surface area contributed by atoms with Crippen LogP contribution < -0.4 is 10.6 Å². The molecule has 1 aromatic carbocycles. The molecule has 0 spiro atoms. The molecule has 1 amide bonds. The van der Waals surface area contributed by atoms with Gasteiger partial charge in [-0.3, -0.25) is 4.79 Å². The fraction of sp³-hybridized carbons (Fsp3) is 0.300. The van der Waals surface area contributed by atoms with Crippen molar-refractivity contribution in [2.75, 3.05) is 13.6 Å². The van der Waals surface area contributed by atoms with E-state index >= 15 is 0 Å². The fourth-order valence-electron chi connectivity index (χ4n) is 1.08. The number of hydrogen-bond acceptors (Lipinski definition) is 2. The highest BCUT2D eigenvalue weighted by atomic mass is 35.5. The molecule has 0 radical (unpaired) electrons. The Balaban J connectivity index is 2.50. The summed E-state index contributed by atoms with van der Waals surface area (Å²) in [5.41, 5.74) is 0.882. The molecule has 0 atom stereocenters. The van der Waals surface area contributed by atoms with Crippen LogP contribution in [0.15, 0.2) is 18.2 Å². The molecule has 0 aliphatic carbocycles. The maximum Gasteiger partial charge on any atom is 0.233 e. The Kier molecular flexibility index (Phi) is 4.88. The van der Waals surface area contributed by atoms with Gasteiger partial charge in [-0.05, 0) is 23.8 Å². The lowest BCUT2D eigenvalue weighted by Crippen LogP contribution is -2.31. The summed E-state index contributed by atoms with van der Waals surface area (Å²) in [6.07, 6.45) is 0. The first-order chi connectivity index (χ1) is 7.13. The van der Waals surface area contributed by atoms with E-state index in [4.69, 9.17) is 23.2 Å². The van der Waals surface area contributed by atoms with Crippen LogP contribution in [-0.4, -0.2) is 19.5 Å². The second-order valence-corrected chi connectivity index (χ2v) is 3.86. The second kappa shape index (κ2) is 5.95. The molecule has 0 unspecified atom stereocenters. The SMILES string of the molecule is CNC(=O)CNCc1cc(Cl)ccc1Cl. The molecule has 0 bridgehead atoms. The standard InChI is InChI=1S/C10H12Cl2N2O/c1-13-10(15)6-14-5-7-4-8(11)2-3-9(7)12/h2-4,14H,5-6H2,1H3,(H,13,15). The Labute approximate surface area is 98.8 Å². The average Bonchev–Trinajstić information content (AvgIpc) is 2.23. The number of amides is 1. The van der Waals surface area contributed by atoms with Gasteiger partial charge in [-0.2, -0.15) is 0 Å². The summed E-state index contributed by atoms with van der Waals surface area (Å²) in [7, 11) is 1.59. The van der Waals surface area contributed by atoms with Crippen LogP contribution in [0.2, 0.25) is 10.0 Å². The van der Waals surface area contributed by atoms with Crippen LogP contribution in [0.4, 0.5) is 0 Å². The lowest BCUT2D eigenvalue weighted by Gasteiger charge is -2.06. The highest BCUT2D eigenvalue weighted by Crippen LogP contribution is 2.20. The van der Waals surface area contributed by atoms with Crippen molar-refractivity contribution >= 4 is 29.1 Å². The minimum absolute atomic E-state index is 0.0619. The lowest BCUT2D eigenvalue weighted by atomic mass is 10.2. The van der Waals surface area contributed by atoms with Gasteiger partial charge in [-0.1, -0.05) is 23.2 Å². The molecule has 0 aliphatic heterocycles. The Hall–Kier alpha value is -0.770. The van der Waals surface area contributed by atoms with E-state index in [2.05, 4.69) is 10.6 Å². The molecule has 1 aromatic rings. The fourth-order valence-corrected chi connectivity index (χ4v) is 1.46. The first kappa shape index (κ1) is 12.3. The van der Waals surface area contributed by atoms with Crippen molar-refractivity contribution in [3.05, 3.63) is 33.8 Å². The molecule has 0 aliphatic rings. The molecule has 15 heavy (non-hydrogen) atoms. The van der Waals surface area contributed by atoms with E-state index in [1.165, 1.54) is 0 Å². The van der Waals surface area contributed by atoms with E-state index in [1.807, 2.05) is 0 Å². The summed E-state index contributed by atoms with van der Waals surface area (Å²) < 4.78 is 0. The van der Waals surface area contributed by atoms with Crippen molar-refractivity contribution < 1.29 is 4.79 Å². The van der Waals surface area contributed by atoms with Crippen LogP contribution in [0.25, 0.3) is 0 Å². The number of halogens is 2. The number of benzene rings is 1. The zero-order valence-electron chi connectivity index (χ0n) is 8.31. The molecular formula is C10H12Cl2N2O. The van der Waals surface area contributed by atoms with Crippen molar-refractivity contribution in [3.8, 4) is 0 Å². The minimum Gasteiger partial charge on any atom is -0.358 e. The van der Waals surface area contributed by atoms with Crippen LogP contribution in [0, 0.1) is 0 Å². The van der Waals surface area contributed by atoms with E-state index in [0.717, 1.165) is 5.56 Å². The van der Waals surface area contributed by atoms with Crippen molar-refractivity contribution in [1.29, 1.82) is 0 Å². The predicted octanol–water partition coefficient (Wildman–Crippen LogP) is 1.83. The Morgan fingerprint density at radius 3 is 2.80 bits per heavy atom. The maximum atomic E-state index is 10.9. The monoisotopic (exact) mass is 246 g/mol. The van der Waals surface area contributed by atoms with Gasteiger partial charge in [0.1, 0.15) is 0 Å². The van der Waals surface area contributed by atoms with Gasteiger partial charge in [0.25, 0.3) is 0 Å². The summed E-state index contributed by atoms with van der Waals surface area (Å²) in [5.74, 6) is -0.0619. The average molecular weight is 247 g/mol. The van der Waals surface area contributed by atoms with Gasteiger partial charge in [0.05, 0.1) is 6.54 Å². The Bertz CT molecular complexity index is 355. The largest absolute Gasteiger partial charge is 0.358 e. The summed E-state index contributed by atoms with van der Waals surface area (Å²) >= 11 is 11.8. The molecule has 1 rings (SSSR count). The van der Waals surface area contributed by atoms with Gasteiger partial charge in [0, 0.05) is 23.6 Å². The van der Waals surface area contributed by atoms with Crippen LogP contribution in [0.1, 0.15) is 5.56 Å². The number of carbonyl (C=O) groups is 1. The Morgan fingerprint density at radius 2 is 2.13 bits per heavy atom. The third-order valence-corrected chi connectivity index (χ3v) is 2.49. The molecule has 5 heteroatoms. The highest BCUT2D eigenvalue weighted by Gasteiger charge is 2.02. The summed E-state index contributed by atoms with van der Waals surface area (Å²) in [4.78, 5) is 10.9. The second-order valence-electron chi connectivity index (χ2n) is 3.01. The van der Waals surface area contributed by atoms with Crippen LogP contribution in [0.5, 0.6) is 0 Å². The van der Waals surface area contributed by atoms with E-state index in [1.54, 1.807) is 25.2 Å². The van der Waals surface area contributed by atoms with Crippen molar-refractivity contribution in [3.63, 3.8) is 0 Å². The summed E-state index contributed by atoms with van der Waals surface area (Å²) in [6, 6.07) is 5.24. The quantitative estimate of drug-likeness (QED) is 0.852. The number of rotatable bonds is 4. The smallest absolute Gasteiger partial charge is 0.233 e. The zero-order chi connectivity index (χ0) is 11.3. The Morgan fingerprint density at radius 1 is 1.40 bits per heavy atom. The molecule has 2 N–H and O–H groups in total. The molecule has 3 nitrogen and oxygen atoms in total. The molecule has 82 valence electrons. The summed E-state index contributed by atoms with van der Waals surface area (Å²) in [6.45, 7) is 0.784. The van der Waals surface area contributed by atoms with Gasteiger partial charge in [-0.25, -0.2) is 0 Å². The minimum atomic E-state index is -0.0619. The van der Waals surface area contributed by atoms with Gasteiger partial charge in [0.15, 0.2) is 0 Å². The first-order valence-corrected chi connectivity index (χ1v) is 5.24.